The van der Waals surface area contributed by atoms with Gasteiger partial charge in [0.05, 0.1) is 5.02 Å². The summed E-state index contributed by atoms with van der Waals surface area (Å²) in [5, 5.41) is 1.12. The number of amides is 1. The fourth-order valence-corrected chi connectivity index (χ4v) is 4.18. The van der Waals surface area contributed by atoms with Crippen molar-refractivity contribution in [2.24, 2.45) is 0 Å². The van der Waals surface area contributed by atoms with Crippen molar-refractivity contribution in [1.29, 1.82) is 0 Å². The van der Waals surface area contributed by atoms with E-state index < -0.39 is 5.63 Å². The van der Waals surface area contributed by atoms with Gasteiger partial charge in [0.1, 0.15) is 11.3 Å². The molecule has 1 atom stereocenters. The number of hydrogen-bond donors (Lipinski definition) is 0. The number of nitrogens with zero attached hydrogens (tertiary/aromatic N) is 2. The molecule has 1 aromatic heterocycles. The fourth-order valence-electron chi connectivity index (χ4n) is 3.96. The van der Waals surface area contributed by atoms with Crippen LogP contribution in [-0.2, 0) is 4.79 Å². The zero-order chi connectivity index (χ0) is 22.0. The van der Waals surface area contributed by atoms with Crippen LogP contribution >= 0.6 is 11.6 Å². The maximum Gasteiger partial charge on any atom is 0.336 e. The first-order valence-corrected chi connectivity index (χ1v) is 10.7. The number of aryl methyl sites for hydroxylation is 1. The maximum atomic E-state index is 12.7. The number of rotatable bonds is 5. The molecule has 162 valence electrons. The molecular weight excluding hydrogens is 416 g/mol. The minimum atomic E-state index is -0.433. The quantitative estimate of drug-likeness (QED) is 0.560. The van der Waals surface area contributed by atoms with Crippen LogP contribution in [0.2, 0.25) is 5.02 Å². The highest BCUT2D eigenvalue weighted by Crippen LogP contribution is 2.31. The van der Waals surface area contributed by atoms with Gasteiger partial charge >= 0.3 is 5.63 Å². The van der Waals surface area contributed by atoms with Crippen molar-refractivity contribution in [2.75, 3.05) is 32.8 Å². The predicted molar refractivity (Wildman–Crippen MR) is 121 cm³/mol. The number of carbonyl (C=O) groups excluding carboxylic acids is 1. The van der Waals surface area contributed by atoms with Crippen molar-refractivity contribution in [3.05, 3.63) is 75.1 Å². The Balaban J connectivity index is 1.36. The van der Waals surface area contributed by atoms with E-state index in [1.54, 1.807) is 12.1 Å². The molecule has 0 spiro atoms. The summed E-state index contributed by atoms with van der Waals surface area (Å²) in [6, 6.07) is 15.4. The Morgan fingerprint density at radius 2 is 1.84 bits per heavy atom. The molecule has 1 fully saturated rings. The summed E-state index contributed by atoms with van der Waals surface area (Å²) in [5.41, 5.74) is 2.01. The highest BCUT2D eigenvalue weighted by atomic mass is 35.5. The first kappa shape index (κ1) is 21.4. The van der Waals surface area contributed by atoms with Gasteiger partial charge in [0.2, 0.25) is 0 Å². The second-order valence-electron chi connectivity index (χ2n) is 7.82. The maximum absolute atomic E-state index is 12.7. The Kier molecular flexibility index (Phi) is 6.30. The van der Waals surface area contributed by atoms with Gasteiger partial charge in [-0.15, -0.1) is 0 Å². The monoisotopic (exact) mass is 440 g/mol. The van der Waals surface area contributed by atoms with Crippen molar-refractivity contribution >= 4 is 28.5 Å². The van der Waals surface area contributed by atoms with Crippen molar-refractivity contribution < 1.29 is 13.9 Å². The van der Waals surface area contributed by atoms with Crippen molar-refractivity contribution in [2.45, 2.75) is 19.9 Å². The second-order valence-corrected chi connectivity index (χ2v) is 8.23. The summed E-state index contributed by atoms with van der Waals surface area (Å²) < 4.78 is 10.9. The minimum absolute atomic E-state index is 0.0890. The molecule has 0 aliphatic carbocycles. The van der Waals surface area contributed by atoms with Crippen molar-refractivity contribution in [3.63, 3.8) is 0 Å². The molecule has 0 saturated carbocycles. The SMILES string of the molecule is Cc1cc(=O)oc2cc(OCC(=O)N3CCN([C@H](C)c4ccccc4)CC3)c(Cl)cc12. The van der Waals surface area contributed by atoms with Gasteiger partial charge in [0.25, 0.3) is 5.91 Å². The number of halogens is 1. The molecule has 0 N–H and O–H groups in total. The van der Waals surface area contributed by atoms with E-state index in [0.717, 1.165) is 24.0 Å². The first-order valence-electron chi connectivity index (χ1n) is 10.4. The molecule has 0 radical (unpaired) electrons. The highest BCUT2D eigenvalue weighted by Gasteiger charge is 2.25. The van der Waals surface area contributed by atoms with E-state index in [1.807, 2.05) is 30.0 Å². The molecule has 3 aromatic rings. The lowest BCUT2D eigenvalue weighted by molar-refractivity contribution is -0.135. The molecule has 1 amide bonds. The fraction of sp³-hybridized carbons (Fsp3) is 0.333. The Morgan fingerprint density at radius 3 is 2.55 bits per heavy atom. The lowest BCUT2D eigenvalue weighted by Crippen LogP contribution is -2.50. The molecule has 2 heterocycles. The summed E-state index contributed by atoms with van der Waals surface area (Å²) in [5.74, 6) is 0.237. The third-order valence-electron chi connectivity index (χ3n) is 5.85. The second kappa shape index (κ2) is 9.12. The van der Waals surface area contributed by atoms with Crippen LogP contribution in [-0.4, -0.2) is 48.5 Å². The number of hydrogen-bond acceptors (Lipinski definition) is 5. The van der Waals surface area contributed by atoms with Crippen LogP contribution in [0.1, 0.15) is 24.1 Å². The number of ether oxygens (including phenoxy) is 1. The number of benzene rings is 2. The number of piperazine rings is 1. The van der Waals surface area contributed by atoms with Crippen molar-refractivity contribution in [1.82, 2.24) is 9.80 Å². The zero-order valence-corrected chi connectivity index (χ0v) is 18.4. The zero-order valence-electron chi connectivity index (χ0n) is 17.6. The van der Waals surface area contributed by atoms with E-state index in [2.05, 4.69) is 24.0 Å². The lowest BCUT2D eigenvalue weighted by atomic mass is 10.1. The number of fused-ring (bicyclic) bond motifs is 1. The molecule has 1 aliphatic rings. The van der Waals surface area contributed by atoms with E-state index in [1.165, 1.54) is 11.6 Å². The van der Waals surface area contributed by atoms with Gasteiger partial charge < -0.3 is 14.1 Å². The van der Waals surface area contributed by atoms with E-state index in [0.29, 0.717) is 35.5 Å². The topological polar surface area (TPSA) is 63.0 Å². The molecule has 6 nitrogen and oxygen atoms in total. The minimum Gasteiger partial charge on any atom is -0.482 e. The van der Waals surface area contributed by atoms with Gasteiger partial charge in [-0.25, -0.2) is 4.79 Å². The van der Waals surface area contributed by atoms with Gasteiger partial charge in [-0.1, -0.05) is 41.9 Å². The average Bonchev–Trinajstić information content (AvgIpc) is 2.78. The summed E-state index contributed by atoms with van der Waals surface area (Å²) in [4.78, 5) is 28.5. The van der Waals surface area contributed by atoms with Gasteiger partial charge in [-0.3, -0.25) is 9.69 Å². The number of carbonyl (C=O) groups is 1. The Hall–Kier alpha value is -2.83. The molecule has 31 heavy (non-hydrogen) atoms. The molecule has 0 unspecified atom stereocenters. The normalized spacial score (nSPS) is 15.8. The van der Waals surface area contributed by atoms with Crippen LogP contribution in [0.15, 0.2) is 57.7 Å². The van der Waals surface area contributed by atoms with E-state index in [-0.39, 0.29) is 12.5 Å². The van der Waals surface area contributed by atoms with Crippen LogP contribution in [0.5, 0.6) is 5.75 Å². The Bertz CT molecular complexity index is 1140. The van der Waals surface area contributed by atoms with Gasteiger partial charge in [-0.2, -0.15) is 0 Å². The smallest absolute Gasteiger partial charge is 0.336 e. The Morgan fingerprint density at radius 1 is 1.13 bits per heavy atom. The molecule has 1 aliphatic heterocycles. The molecule has 2 aromatic carbocycles. The van der Waals surface area contributed by atoms with Gasteiger partial charge in [-0.05, 0) is 31.0 Å². The molecule has 0 bridgehead atoms. The molecule has 7 heteroatoms. The van der Waals surface area contributed by atoms with Crippen LogP contribution < -0.4 is 10.4 Å². The van der Waals surface area contributed by atoms with Crippen LogP contribution in [0.3, 0.4) is 0 Å². The van der Waals surface area contributed by atoms with E-state index >= 15 is 0 Å². The molecule has 4 rings (SSSR count). The van der Waals surface area contributed by atoms with E-state index in [9.17, 15) is 9.59 Å². The van der Waals surface area contributed by atoms with Gasteiger partial charge in [0.15, 0.2) is 6.61 Å². The Labute approximate surface area is 186 Å². The van der Waals surface area contributed by atoms with Crippen LogP contribution in [0, 0.1) is 6.92 Å². The van der Waals surface area contributed by atoms with Crippen LogP contribution in [0.4, 0.5) is 0 Å². The molecule has 1 saturated heterocycles. The summed E-state index contributed by atoms with van der Waals surface area (Å²) >= 11 is 6.32. The van der Waals surface area contributed by atoms with E-state index in [4.69, 9.17) is 20.8 Å². The molecular formula is C24H25ClN2O4. The average molecular weight is 441 g/mol. The highest BCUT2D eigenvalue weighted by molar-refractivity contribution is 6.32. The van der Waals surface area contributed by atoms with Gasteiger partial charge in [0, 0.05) is 49.7 Å². The van der Waals surface area contributed by atoms with Crippen LogP contribution in [0.25, 0.3) is 11.0 Å². The first-order chi connectivity index (χ1) is 14.9. The third-order valence-corrected chi connectivity index (χ3v) is 6.15. The third kappa shape index (κ3) is 4.75. The lowest BCUT2D eigenvalue weighted by Gasteiger charge is -2.38. The predicted octanol–water partition coefficient (Wildman–Crippen LogP) is 4.04. The van der Waals surface area contributed by atoms with Crippen molar-refractivity contribution in [3.8, 4) is 5.75 Å². The summed E-state index contributed by atoms with van der Waals surface area (Å²) in [6.07, 6.45) is 0. The summed E-state index contributed by atoms with van der Waals surface area (Å²) in [6.45, 7) is 6.81. The largest absolute Gasteiger partial charge is 0.482 e. The standard InChI is InChI=1S/C24H25ClN2O4/c1-16-12-24(29)31-21-14-22(20(25)13-19(16)21)30-15-23(28)27-10-8-26(9-11-27)17(2)18-6-4-3-5-7-18/h3-7,12-14,17H,8-11,15H2,1-2H3/t17-/m1/s1. The summed E-state index contributed by atoms with van der Waals surface area (Å²) in [7, 11) is 0.